The van der Waals surface area contributed by atoms with Gasteiger partial charge in [-0.2, -0.15) is 0 Å². The number of aromatic nitrogens is 5. The minimum absolute atomic E-state index is 0.0402. The Kier molecular flexibility index (Phi) is 21.6. The summed E-state index contributed by atoms with van der Waals surface area (Å²) in [6.07, 6.45) is 8.15. The summed E-state index contributed by atoms with van der Waals surface area (Å²) in [6.45, 7) is 11.0. The molecule has 7 atom stereocenters. The number of nitrogens with one attached hydrogen (secondary N) is 12. The average Bonchev–Trinajstić information content (AvgIpc) is 4.17. The number of rotatable bonds is 28. The number of benzene rings is 2. The molecular weight excluding hydrogens is 965 g/mol. The van der Waals surface area contributed by atoms with Crippen molar-refractivity contribution in [2.24, 2.45) is 11.8 Å². The van der Waals surface area contributed by atoms with Gasteiger partial charge in [-0.3, -0.25) is 43.2 Å². The molecule has 0 saturated carbocycles. The molecule has 23 heteroatoms. The van der Waals surface area contributed by atoms with E-state index in [1.54, 1.807) is 44.3 Å². The molecule has 75 heavy (non-hydrogen) atoms. The van der Waals surface area contributed by atoms with Crippen molar-refractivity contribution in [3.8, 4) is 0 Å². The topological polar surface area (TPSA) is 335 Å². The molecule has 2 aromatic carbocycles. The number of amides is 9. The number of hydrogen-bond acceptors (Lipinski definition) is 11. The summed E-state index contributed by atoms with van der Waals surface area (Å²) in [5.41, 5.74) is 3.25. The Labute approximate surface area is 434 Å². The highest BCUT2D eigenvalue weighted by molar-refractivity contribution is 5.97. The van der Waals surface area contributed by atoms with Crippen LogP contribution >= 0.6 is 0 Å². The molecule has 0 spiro atoms. The smallest absolute Gasteiger partial charge is 0.243 e. The number of nitrogens with zero attached hydrogens (tertiary/aromatic N) is 2. The van der Waals surface area contributed by atoms with Gasteiger partial charge in [0.25, 0.3) is 0 Å². The van der Waals surface area contributed by atoms with Gasteiger partial charge in [0.15, 0.2) is 0 Å². The van der Waals surface area contributed by atoms with E-state index in [2.05, 4.69) is 72.8 Å². The molecule has 23 nitrogen and oxygen atoms in total. The Morgan fingerprint density at radius 1 is 0.533 bits per heavy atom. The van der Waals surface area contributed by atoms with Gasteiger partial charge in [-0.25, -0.2) is 9.97 Å². The first-order chi connectivity index (χ1) is 35.8. The van der Waals surface area contributed by atoms with Crippen molar-refractivity contribution in [2.75, 3.05) is 13.1 Å². The van der Waals surface area contributed by atoms with Gasteiger partial charge in [0, 0.05) is 93.0 Å². The lowest BCUT2D eigenvalue weighted by Gasteiger charge is -2.27. The van der Waals surface area contributed by atoms with E-state index in [9.17, 15) is 43.2 Å². The number of aromatic amines is 3. The van der Waals surface area contributed by atoms with Crippen LogP contribution in [0.5, 0.6) is 0 Å². The normalized spacial score (nSPS) is 14.0. The fraction of sp³-hybridized carbons (Fsp3) is 0.442. The summed E-state index contributed by atoms with van der Waals surface area (Å²) in [6, 6.07) is 8.78. The summed E-state index contributed by atoms with van der Waals surface area (Å²) in [5.74, 6) is -5.88. The van der Waals surface area contributed by atoms with Crippen LogP contribution in [0.3, 0.4) is 0 Å². The third kappa shape index (κ3) is 18.6. The zero-order valence-corrected chi connectivity index (χ0v) is 43.3. The lowest BCUT2D eigenvalue weighted by molar-refractivity contribution is -0.135. The molecule has 0 aliphatic carbocycles. The quantitative estimate of drug-likeness (QED) is 0.0323. The highest BCUT2D eigenvalue weighted by Crippen LogP contribution is 2.20. The summed E-state index contributed by atoms with van der Waals surface area (Å²) < 4.78 is 0. The Bertz CT molecular complexity index is 2710. The van der Waals surface area contributed by atoms with Crippen LogP contribution in [0.2, 0.25) is 0 Å². The maximum atomic E-state index is 14.4. The highest BCUT2D eigenvalue weighted by atomic mass is 16.2. The molecular formula is C52H70N14O9. The Morgan fingerprint density at radius 2 is 1.09 bits per heavy atom. The van der Waals surface area contributed by atoms with Crippen LogP contribution in [0.1, 0.15) is 77.4 Å². The molecule has 0 saturated heterocycles. The maximum Gasteiger partial charge on any atom is 0.243 e. The monoisotopic (exact) mass is 1030 g/mol. The number of hydrogen-bond donors (Lipinski definition) is 12. The van der Waals surface area contributed by atoms with Gasteiger partial charge in [0.2, 0.25) is 53.2 Å². The first kappa shape index (κ1) is 57.5. The predicted octanol–water partition coefficient (Wildman–Crippen LogP) is 0.272. The molecule has 0 bridgehead atoms. The van der Waals surface area contributed by atoms with Crippen molar-refractivity contribution in [3.05, 3.63) is 108 Å². The number of imidazole rings is 2. The van der Waals surface area contributed by atoms with Crippen molar-refractivity contribution in [1.82, 2.24) is 72.8 Å². The third-order valence-electron chi connectivity index (χ3n) is 12.1. The third-order valence-corrected chi connectivity index (χ3v) is 12.1. The number of H-pyrrole nitrogens is 3. The van der Waals surface area contributed by atoms with E-state index in [1.165, 1.54) is 45.8 Å². The Hall–Kier alpha value is -8.37. The van der Waals surface area contributed by atoms with Crippen LogP contribution in [-0.2, 0) is 68.8 Å². The van der Waals surface area contributed by atoms with Crippen molar-refractivity contribution < 1.29 is 43.2 Å². The maximum absolute atomic E-state index is 14.4. The van der Waals surface area contributed by atoms with Crippen LogP contribution in [0.25, 0.3) is 10.9 Å². The summed E-state index contributed by atoms with van der Waals surface area (Å²) >= 11 is 0. The summed E-state index contributed by atoms with van der Waals surface area (Å²) in [4.78, 5) is 138. The number of para-hydroxylation sites is 1. The minimum Gasteiger partial charge on any atom is -0.361 e. The average molecular weight is 1040 g/mol. The fourth-order valence-corrected chi connectivity index (χ4v) is 8.28. The minimum atomic E-state index is -1.32. The van der Waals surface area contributed by atoms with Crippen molar-refractivity contribution in [3.63, 3.8) is 0 Å². The van der Waals surface area contributed by atoms with Crippen LogP contribution in [0, 0.1) is 11.8 Å². The zero-order chi connectivity index (χ0) is 54.6. The second kappa shape index (κ2) is 28.2. The Morgan fingerprint density at radius 3 is 1.67 bits per heavy atom. The first-order valence-corrected chi connectivity index (χ1v) is 24.9. The van der Waals surface area contributed by atoms with Gasteiger partial charge in [0.05, 0.1) is 19.2 Å². The zero-order valence-electron chi connectivity index (χ0n) is 43.3. The SMILES string of the molecule is CC(=O)NCC(CC(C)C)NC(=O)[C@H](Cc1cnc[nH]1)NC(=O)CNC(=O)[C@@H](NC(=O)[C@H](C)NC(=O)[C@H](Cc1c[nH]c2ccccc12)NC(=O)[C@H](Cc1cnc[nH]1)NC(=O)[C@@H](Cc1ccccc1)NC(C)=O)C(C)C. The van der Waals surface area contributed by atoms with Crippen LogP contribution in [-0.4, -0.2) is 133 Å². The number of carbonyl (C=O) groups is 9. The van der Waals surface area contributed by atoms with E-state index >= 15 is 0 Å². The van der Waals surface area contributed by atoms with Crippen molar-refractivity contribution >= 4 is 64.1 Å². The van der Waals surface area contributed by atoms with Gasteiger partial charge in [-0.05, 0) is 42.4 Å². The molecule has 5 aromatic rings. The number of fused-ring (bicyclic) bond motifs is 1. The molecule has 9 amide bonds. The van der Waals surface area contributed by atoms with E-state index in [0.717, 1.165) is 16.5 Å². The van der Waals surface area contributed by atoms with Crippen LogP contribution in [0.4, 0.5) is 0 Å². The van der Waals surface area contributed by atoms with E-state index in [4.69, 9.17) is 0 Å². The highest BCUT2D eigenvalue weighted by Gasteiger charge is 2.34. The van der Waals surface area contributed by atoms with Gasteiger partial charge < -0.3 is 62.8 Å². The molecule has 3 heterocycles. The van der Waals surface area contributed by atoms with Gasteiger partial charge >= 0.3 is 0 Å². The van der Waals surface area contributed by atoms with Gasteiger partial charge in [-0.15, -0.1) is 0 Å². The van der Waals surface area contributed by atoms with Crippen LogP contribution < -0.4 is 47.9 Å². The van der Waals surface area contributed by atoms with Crippen molar-refractivity contribution in [1.29, 1.82) is 0 Å². The second-order valence-electron chi connectivity index (χ2n) is 19.3. The lowest BCUT2D eigenvalue weighted by atomic mass is 10.0. The molecule has 402 valence electrons. The molecule has 12 N–H and O–H groups in total. The molecule has 0 fully saturated rings. The molecule has 3 aromatic heterocycles. The fourth-order valence-electron chi connectivity index (χ4n) is 8.28. The van der Waals surface area contributed by atoms with E-state index in [1.807, 2.05) is 44.2 Å². The standard InChI is InChI=1S/C52H70N14O9/c1-29(2)17-38(25-55-32(6)67)62-49(72)43(20-36-23-53-27-58-36)63-45(69)26-57-52(75)46(30(3)4)66-47(70)31(5)60-48(71)42(19-35-22-56-40-16-12-11-15-39(35)40)64-51(74)44(21-37-24-54-28-59-37)65-50(73)41(61-33(7)68)18-34-13-9-8-10-14-34/h8-16,22-24,27-31,38,41-44,46,56H,17-21,25-26H2,1-7H3,(H,53,58)(H,54,59)(H,55,67)(H,57,75)(H,60,71)(H,61,68)(H,62,72)(H,63,69)(H,64,74)(H,65,73)(H,66,70)/t31-,38?,41+,42-,43-,44-,46-/m0/s1. The summed E-state index contributed by atoms with van der Waals surface area (Å²) in [7, 11) is 0. The van der Waals surface area contributed by atoms with Gasteiger partial charge in [-0.1, -0.05) is 76.2 Å². The second-order valence-corrected chi connectivity index (χ2v) is 19.3. The molecule has 5 rings (SSSR count). The summed E-state index contributed by atoms with van der Waals surface area (Å²) in [5, 5.41) is 25.2. The van der Waals surface area contributed by atoms with Gasteiger partial charge in [0.1, 0.15) is 36.3 Å². The van der Waals surface area contributed by atoms with E-state index in [-0.39, 0.29) is 44.1 Å². The Balaban J connectivity index is 1.27. The van der Waals surface area contributed by atoms with Crippen LogP contribution in [0.15, 0.2) is 85.8 Å². The largest absolute Gasteiger partial charge is 0.361 e. The lowest BCUT2D eigenvalue weighted by Crippen LogP contribution is -2.60. The molecule has 0 aliphatic rings. The molecule has 0 aliphatic heterocycles. The molecule has 1 unspecified atom stereocenters. The van der Waals surface area contributed by atoms with E-state index < -0.39 is 102 Å². The number of carbonyl (C=O) groups excluding carboxylic acids is 9. The van der Waals surface area contributed by atoms with Crippen molar-refractivity contribution in [2.45, 2.75) is 123 Å². The first-order valence-electron chi connectivity index (χ1n) is 24.9. The molecule has 0 radical (unpaired) electrons. The van der Waals surface area contributed by atoms with E-state index in [0.29, 0.717) is 23.4 Å². The predicted molar refractivity (Wildman–Crippen MR) is 278 cm³/mol.